The second-order valence-electron chi connectivity index (χ2n) is 6.47. The number of ether oxygens (including phenoxy) is 1. The fourth-order valence-electron chi connectivity index (χ4n) is 3.15. The molecule has 0 saturated heterocycles. The maximum Gasteiger partial charge on any atom is 0.253 e. The molecule has 1 aromatic heterocycles. The van der Waals surface area contributed by atoms with Gasteiger partial charge in [0, 0.05) is 25.0 Å². The Morgan fingerprint density at radius 3 is 2.64 bits per heavy atom. The van der Waals surface area contributed by atoms with Gasteiger partial charge in [0.05, 0.1) is 18.4 Å². The summed E-state index contributed by atoms with van der Waals surface area (Å²) in [6, 6.07) is 10.0. The Labute approximate surface area is 148 Å². The molecule has 0 aliphatic heterocycles. The third-order valence-corrected chi connectivity index (χ3v) is 4.59. The highest BCUT2D eigenvalue weighted by molar-refractivity contribution is 5.94. The molecule has 0 spiro atoms. The maximum absolute atomic E-state index is 12.4. The van der Waals surface area contributed by atoms with Crippen LogP contribution >= 0.6 is 0 Å². The van der Waals surface area contributed by atoms with Crippen molar-refractivity contribution in [1.82, 2.24) is 10.3 Å². The lowest BCUT2D eigenvalue weighted by Gasteiger charge is -2.23. The molecule has 2 aromatic rings. The van der Waals surface area contributed by atoms with Crippen molar-refractivity contribution >= 4 is 11.6 Å². The molecule has 5 nitrogen and oxygen atoms in total. The van der Waals surface area contributed by atoms with Gasteiger partial charge in [-0.2, -0.15) is 0 Å². The average Bonchev–Trinajstić information content (AvgIpc) is 2.67. The molecule has 1 amide bonds. The molecule has 0 bridgehead atoms. The highest BCUT2D eigenvalue weighted by atomic mass is 16.5. The first kappa shape index (κ1) is 17.3. The quantitative estimate of drug-likeness (QED) is 0.841. The topological polar surface area (TPSA) is 63.2 Å². The van der Waals surface area contributed by atoms with Gasteiger partial charge < -0.3 is 15.4 Å². The van der Waals surface area contributed by atoms with Crippen molar-refractivity contribution < 1.29 is 9.53 Å². The smallest absolute Gasteiger partial charge is 0.253 e. The second kappa shape index (κ2) is 8.51. The number of benzene rings is 1. The lowest BCUT2D eigenvalue weighted by atomic mass is 9.95. The number of anilines is 1. The zero-order chi connectivity index (χ0) is 17.5. The van der Waals surface area contributed by atoms with Crippen LogP contribution in [0.15, 0.2) is 42.7 Å². The number of methoxy groups -OCH3 is 1. The highest BCUT2D eigenvalue weighted by Crippen LogP contribution is 2.21. The van der Waals surface area contributed by atoms with E-state index >= 15 is 0 Å². The summed E-state index contributed by atoms with van der Waals surface area (Å²) in [5.41, 5.74) is 2.52. The van der Waals surface area contributed by atoms with Gasteiger partial charge in [-0.1, -0.05) is 31.4 Å². The maximum atomic E-state index is 12.4. The van der Waals surface area contributed by atoms with Crippen molar-refractivity contribution in [2.75, 3.05) is 12.4 Å². The number of pyridine rings is 1. The number of hydrogen-bond acceptors (Lipinski definition) is 4. The Hall–Kier alpha value is -2.56. The van der Waals surface area contributed by atoms with Crippen molar-refractivity contribution in [3.05, 3.63) is 53.9 Å². The van der Waals surface area contributed by atoms with Crippen LogP contribution in [0.25, 0.3) is 0 Å². The van der Waals surface area contributed by atoms with Gasteiger partial charge in [0.15, 0.2) is 0 Å². The van der Waals surface area contributed by atoms with Crippen molar-refractivity contribution in [2.45, 2.75) is 44.7 Å². The largest absolute Gasteiger partial charge is 0.497 e. The number of carbonyl (C=O) groups excluding carboxylic acids is 1. The molecule has 1 aromatic carbocycles. The molecule has 0 radical (unpaired) electrons. The Kier molecular flexibility index (Phi) is 5.88. The van der Waals surface area contributed by atoms with Crippen LogP contribution in [-0.2, 0) is 6.54 Å². The van der Waals surface area contributed by atoms with E-state index in [0.29, 0.717) is 18.2 Å². The minimum Gasteiger partial charge on any atom is -0.497 e. The van der Waals surface area contributed by atoms with Crippen molar-refractivity contribution in [3.63, 3.8) is 0 Å². The minimum absolute atomic E-state index is 0.115. The Morgan fingerprint density at radius 1 is 1.16 bits per heavy atom. The van der Waals surface area contributed by atoms with E-state index in [0.717, 1.165) is 17.0 Å². The van der Waals surface area contributed by atoms with Gasteiger partial charge in [-0.3, -0.25) is 9.78 Å². The van der Waals surface area contributed by atoms with Gasteiger partial charge >= 0.3 is 0 Å². The summed E-state index contributed by atoms with van der Waals surface area (Å²) in [7, 11) is 1.64. The summed E-state index contributed by atoms with van der Waals surface area (Å²) >= 11 is 0. The minimum atomic E-state index is -0.115. The first-order valence-corrected chi connectivity index (χ1v) is 8.87. The second-order valence-corrected chi connectivity index (χ2v) is 6.47. The number of carbonyl (C=O) groups is 1. The Balaban J connectivity index is 1.56. The van der Waals surface area contributed by atoms with Gasteiger partial charge in [-0.25, -0.2) is 0 Å². The summed E-state index contributed by atoms with van der Waals surface area (Å²) in [6.45, 7) is 0.475. The molecule has 1 fully saturated rings. The van der Waals surface area contributed by atoms with Crippen LogP contribution in [0.2, 0.25) is 0 Å². The first-order chi connectivity index (χ1) is 12.2. The van der Waals surface area contributed by atoms with Gasteiger partial charge in [0.1, 0.15) is 5.75 Å². The lowest BCUT2D eigenvalue weighted by Crippen LogP contribution is -2.24. The molecule has 1 saturated carbocycles. The van der Waals surface area contributed by atoms with E-state index in [2.05, 4.69) is 15.6 Å². The summed E-state index contributed by atoms with van der Waals surface area (Å²) < 4.78 is 5.14. The summed E-state index contributed by atoms with van der Waals surface area (Å²) in [5.74, 6) is 0.691. The van der Waals surface area contributed by atoms with E-state index in [1.165, 1.54) is 32.1 Å². The third kappa shape index (κ3) is 4.95. The molecule has 132 valence electrons. The lowest BCUT2D eigenvalue weighted by molar-refractivity contribution is 0.0950. The van der Waals surface area contributed by atoms with Crippen LogP contribution in [0, 0.1) is 0 Å². The molecular weight excluding hydrogens is 314 g/mol. The van der Waals surface area contributed by atoms with Crippen LogP contribution in [-0.4, -0.2) is 24.0 Å². The first-order valence-electron chi connectivity index (χ1n) is 8.87. The Bertz CT molecular complexity index is 694. The summed E-state index contributed by atoms with van der Waals surface area (Å²) in [5, 5.41) is 6.44. The van der Waals surface area contributed by atoms with Gasteiger partial charge in [0.2, 0.25) is 0 Å². The van der Waals surface area contributed by atoms with Crippen LogP contribution in [0.5, 0.6) is 5.75 Å². The number of nitrogens with one attached hydrogen (secondary N) is 2. The van der Waals surface area contributed by atoms with Crippen LogP contribution in [0.4, 0.5) is 5.69 Å². The highest BCUT2D eigenvalue weighted by Gasteiger charge is 2.14. The number of nitrogens with zero attached hydrogens (tertiary/aromatic N) is 1. The number of amides is 1. The van der Waals surface area contributed by atoms with E-state index in [-0.39, 0.29) is 5.91 Å². The van der Waals surface area contributed by atoms with Crippen LogP contribution in [0.3, 0.4) is 0 Å². The molecule has 5 heteroatoms. The van der Waals surface area contributed by atoms with Crippen LogP contribution < -0.4 is 15.4 Å². The van der Waals surface area contributed by atoms with E-state index < -0.39 is 0 Å². The van der Waals surface area contributed by atoms with E-state index in [1.54, 1.807) is 19.5 Å². The molecule has 25 heavy (non-hydrogen) atoms. The molecule has 0 atom stereocenters. The standard InChI is InChI=1S/C20H25N3O2/c1-25-19-9-7-15(8-10-19)12-22-20(24)16-11-18(14-21-13-16)23-17-5-3-2-4-6-17/h7-11,13-14,17,23H,2-6,12H2,1H3,(H,22,24). The normalized spacial score (nSPS) is 14.8. The molecule has 1 aliphatic carbocycles. The zero-order valence-corrected chi connectivity index (χ0v) is 14.6. The SMILES string of the molecule is COc1ccc(CNC(=O)c2cncc(NC3CCCCC3)c2)cc1. The average molecular weight is 339 g/mol. The predicted octanol–water partition coefficient (Wildman–Crippen LogP) is 3.76. The fraction of sp³-hybridized carbons (Fsp3) is 0.400. The molecular formula is C20H25N3O2. The number of hydrogen-bond donors (Lipinski definition) is 2. The molecule has 0 unspecified atom stereocenters. The van der Waals surface area contributed by atoms with Crippen LogP contribution in [0.1, 0.15) is 48.0 Å². The molecule has 2 N–H and O–H groups in total. The molecule has 3 rings (SSSR count). The van der Waals surface area contributed by atoms with Crippen molar-refractivity contribution in [2.24, 2.45) is 0 Å². The Morgan fingerprint density at radius 2 is 1.92 bits per heavy atom. The molecule has 1 heterocycles. The predicted molar refractivity (Wildman–Crippen MR) is 98.9 cm³/mol. The summed E-state index contributed by atoms with van der Waals surface area (Å²) in [4.78, 5) is 16.6. The number of aromatic nitrogens is 1. The van der Waals surface area contributed by atoms with E-state index in [9.17, 15) is 4.79 Å². The fourth-order valence-corrected chi connectivity index (χ4v) is 3.15. The van der Waals surface area contributed by atoms with Gasteiger partial charge in [0.25, 0.3) is 5.91 Å². The van der Waals surface area contributed by atoms with Gasteiger partial charge in [-0.15, -0.1) is 0 Å². The van der Waals surface area contributed by atoms with Crippen molar-refractivity contribution in [3.8, 4) is 5.75 Å². The molecule has 1 aliphatic rings. The van der Waals surface area contributed by atoms with Gasteiger partial charge in [-0.05, 0) is 36.6 Å². The number of rotatable bonds is 6. The third-order valence-electron chi connectivity index (χ3n) is 4.59. The van der Waals surface area contributed by atoms with Crippen molar-refractivity contribution in [1.29, 1.82) is 0 Å². The van der Waals surface area contributed by atoms with E-state index in [1.807, 2.05) is 30.3 Å². The summed E-state index contributed by atoms with van der Waals surface area (Å²) in [6.07, 6.45) is 9.64. The zero-order valence-electron chi connectivity index (χ0n) is 14.6. The monoisotopic (exact) mass is 339 g/mol. The van der Waals surface area contributed by atoms with E-state index in [4.69, 9.17) is 4.74 Å².